The van der Waals surface area contributed by atoms with Gasteiger partial charge in [-0.25, -0.2) is 0 Å². The average molecular weight is 157 g/mol. The molecule has 1 aromatic heterocycles. The van der Waals surface area contributed by atoms with Gasteiger partial charge >= 0.3 is 0 Å². The summed E-state index contributed by atoms with van der Waals surface area (Å²) >= 11 is 1.30. The van der Waals surface area contributed by atoms with Crippen molar-refractivity contribution in [3.63, 3.8) is 0 Å². The molecule has 2 N–H and O–H groups in total. The van der Waals surface area contributed by atoms with Gasteiger partial charge in [-0.05, 0) is 13.0 Å². The Morgan fingerprint density at radius 2 is 2.50 bits per heavy atom. The molecule has 0 aliphatic heterocycles. The molecule has 0 unspecified atom stereocenters. The van der Waals surface area contributed by atoms with Gasteiger partial charge < -0.3 is 0 Å². The quantitative estimate of drug-likeness (QED) is 0.508. The van der Waals surface area contributed by atoms with E-state index in [2.05, 4.69) is 0 Å². The highest BCUT2D eigenvalue weighted by atomic mass is 32.1. The Bertz CT molecular complexity index is 244. The molecule has 54 valence electrons. The van der Waals surface area contributed by atoms with Gasteiger partial charge in [-0.1, -0.05) is 0 Å². The van der Waals surface area contributed by atoms with Gasteiger partial charge in [0.05, 0.1) is 0 Å². The second-order valence-corrected chi connectivity index (χ2v) is 2.78. The zero-order chi connectivity index (χ0) is 7.56. The lowest BCUT2D eigenvalue weighted by molar-refractivity contribution is 0.101. The van der Waals surface area contributed by atoms with Gasteiger partial charge in [-0.15, -0.1) is 11.3 Å². The number of carbonyl (C=O) groups excluding carboxylic acids is 1. The predicted octanol–water partition coefficient (Wildman–Crippen LogP) is 1.75. The average Bonchev–Trinajstić information content (AvgIpc) is 2.34. The van der Waals surface area contributed by atoms with Gasteiger partial charge in [0, 0.05) is 10.9 Å². The first-order chi connectivity index (χ1) is 4.74. The second-order valence-electron chi connectivity index (χ2n) is 1.87. The highest BCUT2D eigenvalue weighted by Gasteiger charge is 2.01. The third-order valence-corrected chi connectivity index (χ3v) is 1.95. The fourth-order valence-electron chi connectivity index (χ4n) is 0.579. The highest BCUT2D eigenvalue weighted by molar-refractivity contribution is 7.14. The fourth-order valence-corrected chi connectivity index (χ4v) is 1.32. The molecule has 1 rings (SSSR count). The van der Waals surface area contributed by atoms with Crippen LogP contribution in [0.15, 0.2) is 11.4 Å². The molecule has 0 atom stereocenters. The zero-order valence-electron chi connectivity index (χ0n) is 5.42. The van der Waals surface area contributed by atoms with Gasteiger partial charge in [0.2, 0.25) is 0 Å². The maximum Gasteiger partial charge on any atom is 0.160 e. The molecule has 1 aromatic rings. The molecule has 0 spiro atoms. The summed E-state index contributed by atoms with van der Waals surface area (Å²) in [6, 6.07) is 1.60. The first kappa shape index (κ1) is 7.24. The first-order valence-corrected chi connectivity index (χ1v) is 3.61. The predicted molar refractivity (Wildman–Crippen MR) is 39.7 cm³/mol. The number of carbonyl (C=O) groups is 1. The molecule has 0 aromatic carbocycles. The van der Waals surface area contributed by atoms with Crippen molar-refractivity contribution < 1.29 is 10.0 Å². The van der Waals surface area contributed by atoms with Crippen molar-refractivity contribution >= 4 is 22.1 Å². The molecule has 0 radical (unpaired) electrons. The Morgan fingerprint density at radius 1 is 1.80 bits per heavy atom. The van der Waals surface area contributed by atoms with E-state index in [1.165, 1.54) is 18.3 Å². The van der Waals surface area contributed by atoms with Crippen LogP contribution in [0.3, 0.4) is 0 Å². The maximum atomic E-state index is 10.7. The monoisotopic (exact) mass is 157 g/mol. The van der Waals surface area contributed by atoms with Crippen molar-refractivity contribution in [3.8, 4) is 0 Å². The molecular weight excluding hydrogens is 150 g/mol. The minimum absolute atomic E-state index is 0.0118. The Labute approximate surface area is 62.3 Å². The molecule has 0 bridgehead atoms. The van der Waals surface area contributed by atoms with Crippen LogP contribution in [0.1, 0.15) is 17.3 Å². The van der Waals surface area contributed by atoms with Crippen LogP contribution in [-0.2, 0) is 0 Å². The lowest BCUT2D eigenvalue weighted by Gasteiger charge is -1.86. The van der Waals surface area contributed by atoms with Crippen molar-refractivity contribution in [1.29, 1.82) is 0 Å². The Balaban J connectivity index is 2.88. The van der Waals surface area contributed by atoms with Gasteiger partial charge in [0.1, 0.15) is 5.00 Å². The minimum Gasteiger partial charge on any atom is -0.294 e. The van der Waals surface area contributed by atoms with Gasteiger partial charge in [0.15, 0.2) is 5.78 Å². The van der Waals surface area contributed by atoms with Crippen LogP contribution in [0.25, 0.3) is 0 Å². The van der Waals surface area contributed by atoms with Crippen molar-refractivity contribution in [1.82, 2.24) is 0 Å². The summed E-state index contributed by atoms with van der Waals surface area (Å²) in [4.78, 5) is 10.7. The third-order valence-electron chi connectivity index (χ3n) is 1.12. The molecule has 4 heteroatoms. The van der Waals surface area contributed by atoms with Gasteiger partial charge in [-0.3, -0.25) is 15.5 Å². The van der Waals surface area contributed by atoms with E-state index in [-0.39, 0.29) is 5.78 Å². The van der Waals surface area contributed by atoms with Crippen LogP contribution >= 0.6 is 11.3 Å². The van der Waals surface area contributed by atoms with Crippen LogP contribution < -0.4 is 5.48 Å². The lowest BCUT2D eigenvalue weighted by Crippen LogP contribution is -1.87. The molecule has 1 heterocycles. The zero-order valence-corrected chi connectivity index (χ0v) is 6.23. The molecule has 0 amide bonds. The van der Waals surface area contributed by atoms with E-state index < -0.39 is 0 Å². The smallest absolute Gasteiger partial charge is 0.160 e. The van der Waals surface area contributed by atoms with E-state index >= 15 is 0 Å². The van der Waals surface area contributed by atoms with Crippen molar-refractivity contribution in [2.75, 3.05) is 5.48 Å². The summed E-state index contributed by atoms with van der Waals surface area (Å²) in [5.74, 6) is 0.0118. The number of ketones is 1. The summed E-state index contributed by atoms with van der Waals surface area (Å²) in [5, 5.41) is 10.7. The minimum atomic E-state index is 0.0118. The number of hydrogen-bond donors (Lipinski definition) is 2. The molecule has 0 saturated heterocycles. The fraction of sp³-hybridized carbons (Fsp3) is 0.167. The summed E-state index contributed by atoms with van der Waals surface area (Å²) in [6.07, 6.45) is 0. The molecular formula is C6H7NO2S. The Kier molecular flexibility index (Phi) is 2.03. The number of anilines is 1. The van der Waals surface area contributed by atoms with Crippen molar-refractivity contribution in [2.45, 2.75) is 6.92 Å². The van der Waals surface area contributed by atoms with Crippen LogP contribution in [0, 0.1) is 0 Å². The number of rotatable bonds is 2. The maximum absolute atomic E-state index is 10.7. The number of nitrogens with one attached hydrogen (secondary N) is 1. The number of hydrogen-bond acceptors (Lipinski definition) is 4. The van der Waals surface area contributed by atoms with Gasteiger partial charge in [-0.2, -0.15) is 0 Å². The van der Waals surface area contributed by atoms with Crippen molar-refractivity contribution in [2.24, 2.45) is 0 Å². The molecule has 0 fully saturated rings. The standard InChI is InChI=1S/C6H7NO2S/c1-4(8)5-2-6(7-9)10-3-5/h2-3,7,9H,1H3. The Morgan fingerprint density at radius 3 is 2.80 bits per heavy atom. The van der Waals surface area contributed by atoms with Gasteiger partial charge in [0.25, 0.3) is 0 Å². The van der Waals surface area contributed by atoms with E-state index in [1.54, 1.807) is 11.4 Å². The molecule has 0 saturated carbocycles. The van der Waals surface area contributed by atoms with Crippen LogP contribution in [-0.4, -0.2) is 11.0 Å². The van der Waals surface area contributed by atoms with E-state index in [1.807, 2.05) is 5.48 Å². The summed E-state index contributed by atoms with van der Waals surface area (Å²) < 4.78 is 0. The van der Waals surface area contributed by atoms with Crippen LogP contribution in [0.4, 0.5) is 5.00 Å². The second kappa shape index (κ2) is 2.81. The summed E-state index contributed by atoms with van der Waals surface area (Å²) in [7, 11) is 0. The molecule has 10 heavy (non-hydrogen) atoms. The summed E-state index contributed by atoms with van der Waals surface area (Å²) in [6.45, 7) is 1.49. The SMILES string of the molecule is CC(=O)c1csc(NO)c1. The third kappa shape index (κ3) is 1.34. The summed E-state index contributed by atoms with van der Waals surface area (Å²) in [5.41, 5.74) is 2.59. The normalized spacial score (nSPS) is 9.40. The first-order valence-electron chi connectivity index (χ1n) is 2.73. The number of thiophene rings is 1. The topological polar surface area (TPSA) is 49.3 Å². The highest BCUT2D eigenvalue weighted by Crippen LogP contribution is 2.19. The van der Waals surface area contributed by atoms with E-state index in [0.29, 0.717) is 10.6 Å². The van der Waals surface area contributed by atoms with Crippen LogP contribution in [0.2, 0.25) is 0 Å². The molecule has 3 nitrogen and oxygen atoms in total. The van der Waals surface area contributed by atoms with Crippen LogP contribution in [0.5, 0.6) is 0 Å². The lowest BCUT2D eigenvalue weighted by atomic mass is 10.2. The Hall–Kier alpha value is -0.870. The largest absolute Gasteiger partial charge is 0.294 e. The van der Waals surface area contributed by atoms with E-state index in [4.69, 9.17) is 5.21 Å². The molecule has 0 aliphatic rings. The molecule has 0 aliphatic carbocycles. The van der Waals surface area contributed by atoms with E-state index in [0.717, 1.165) is 0 Å². The van der Waals surface area contributed by atoms with Crippen molar-refractivity contribution in [3.05, 3.63) is 17.0 Å². The number of Topliss-reactive ketones (excluding diaryl/α,β-unsaturated/α-hetero) is 1. The van der Waals surface area contributed by atoms with E-state index in [9.17, 15) is 4.79 Å².